The largest absolute Gasteiger partial charge is 0.351 e. The molecule has 0 bridgehead atoms. The molecule has 0 atom stereocenters. The first kappa shape index (κ1) is 21.0. The molecule has 10 heteroatoms. The Hall–Kier alpha value is -3.27. The van der Waals surface area contributed by atoms with E-state index in [-0.39, 0.29) is 29.1 Å². The minimum absolute atomic E-state index is 0.0200. The number of aromatic nitrogens is 2. The third kappa shape index (κ3) is 4.15. The molecule has 2 aromatic carbocycles. The third-order valence-electron chi connectivity index (χ3n) is 5.09. The molecule has 1 aliphatic heterocycles. The van der Waals surface area contributed by atoms with Gasteiger partial charge < -0.3 is 5.32 Å². The number of halogens is 2. The van der Waals surface area contributed by atoms with Crippen LogP contribution in [0.25, 0.3) is 11.3 Å². The first-order chi connectivity index (χ1) is 14.8. The Bertz CT molecular complexity index is 1260. The predicted octanol–water partition coefficient (Wildman–Crippen LogP) is 2.49. The summed E-state index contributed by atoms with van der Waals surface area (Å²) in [5.74, 6) is -2.46. The number of nitrogens with zero attached hydrogens (tertiary/aromatic N) is 3. The Kier molecular flexibility index (Phi) is 5.48. The first-order valence-corrected chi connectivity index (χ1v) is 11.2. The van der Waals surface area contributed by atoms with Crippen LogP contribution in [-0.4, -0.2) is 42.9 Å². The van der Waals surface area contributed by atoms with Gasteiger partial charge >= 0.3 is 0 Å². The molecule has 0 radical (unpaired) electrons. The van der Waals surface area contributed by atoms with Gasteiger partial charge in [0.05, 0.1) is 17.0 Å². The minimum atomic E-state index is -3.62. The number of amides is 1. The Balaban J connectivity index is 1.47. The van der Waals surface area contributed by atoms with Gasteiger partial charge in [-0.2, -0.15) is 5.10 Å². The van der Waals surface area contributed by atoms with E-state index >= 15 is 0 Å². The Morgan fingerprint density at radius 1 is 1.19 bits per heavy atom. The molecule has 0 unspecified atom stereocenters. The summed E-state index contributed by atoms with van der Waals surface area (Å²) in [4.78, 5) is 12.7. The van der Waals surface area contributed by atoms with E-state index in [2.05, 4.69) is 10.4 Å². The number of carbonyl (C=O) groups excluding carboxylic acids is 1. The van der Waals surface area contributed by atoms with Crippen LogP contribution in [0.3, 0.4) is 0 Å². The lowest BCUT2D eigenvalue weighted by molar-refractivity contribution is 0.0956. The van der Waals surface area contributed by atoms with Crippen molar-refractivity contribution in [2.45, 2.75) is 6.42 Å². The van der Waals surface area contributed by atoms with Crippen LogP contribution in [0.2, 0.25) is 0 Å². The molecule has 7 nitrogen and oxygen atoms in total. The van der Waals surface area contributed by atoms with Gasteiger partial charge in [-0.05, 0) is 30.2 Å². The zero-order chi connectivity index (χ0) is 22.2. The molecule has 0 saturated heterocycles. The number of benzene rings is 2. The number of sulfonamides is 1. The van der Waals surface area contributed by atoms with Crippen molar-refractivity contribution in [1.29, 1.82) is 0 Å². The average Bonchev–Trinajstić information content (AvgIpc) is 3.32. The molecule has 1 N–H and O–H groups in total. The van der Waals surface area contributed by atoms with Crippen LogP contribution >= 0.6 is 0 Å². The highest BCUT2D eigenvalue weighted by Gasteiger charge is 2.29. The van der Waals surface area contributed by atoms with Crippen LogP contribution in [0.4, 0.5) is 14.5 Å². The van der Waals surface area contributed by atoms with E-state index in [0.29, 0.717) is 24.7 Å². The molecule has 4 rings (SSSR count). The molecule has 0 aliphatic carbocycles. The fourth-order valence-electron chi connectivity index (χ4n) is 3.63. The molecule has 0 spiro atoms. The van der Waals surface area contributed by atoms with Crippen LogP contribution in [0, 0.1) is 11.6 Å². The summed E-state index contributed by atoms with van der Waals surface area (Å²) < 4.78 is 55.6. The molecule has 162 valence electrons. The zero-order valence-corrected chi connectivity index (χ0v) is 17.5. The predicted molar refractivity (Wildman–Crippen MR) is 112 cm³/mol. The maximum absolute atomic E-state index is 14.2. The smallest absolute Gasteiger partial charge is 0.255 e. The summed E-state index contributed by atoms with van der Waals surface area (Å²) in [6, 6.07) is 10.3. The third-order valence-corrected chi connectivity index (χ3v) is 6.86. The van der Waals surface area contributed by atoms with E-state index in [9.17, 15) is 22.0 Å². The van der Waals surface area contributed by atoms with E-state index in [1.165, 1.54) is 21.3 Å². The number of nitrogens with one attached hydrogen (secondary N) is 1. The molecule has 0 fully saturated rings. The van der Waals surface area contributed by atoms with Crippen molar-refractivity contribution in [3.8, 4) is 11.3 Å². The Morgan fingerprint density at radius 2 is 1.97 bits per heavy atom. The van der Waals surface area contributed by atoms with Gasteiger partial charge in [0.25, 0.3) is 5.91 Å². The number of para-hydroxylation sites is 1. The average molecular weight is 446 g/mol. The fourth-order valence-corrected chi connectivity index (χ4v) is 5.06. The Labute approximate surface area is 178 Å². The van der Waals surface area contributed by atoms with Crippen LogP contribution < -0.4 is 9.62 Å². The normalized spacial score (nSPS) is 13.3. The summed E-state index contributed by atoms with van der Waals surface area (Å²) in [6.07, 6.45) is 2.04. The van der Waals surface area contributed by atoms with E-state index in [4.69, 9.17) is 0 Å². The van der Waals surface area contributed by atoms with Crippen LogP contribution in [0.1, 0.15) is 15.9 Å². The molecule has 1 aliphatic rings. The minimum Gasteiger partial charge on any atom is -0.351 e. The summed E-state index contributed by atoms with van der Waals surface area (Å²) in [6.45, 7) is 0.242. The van der Waals surface area contributed by atoms with Gasteiger partial charge in [0.1, 0.15) is 17.3 Å². The summed E-state index contributed by atoms with van der Waals surface area (Å²) in [7, 11) is -2.06. The number of hydrogen-bond donors (Lipinski definition) is 1. The van der Waals surface area contributed by atoms with Crippen LogP contribution in [-0.2, 0) is 23.5 Å². The monoisotopic (exact) mass is 446 g/mol. The van der Waals surface area contributed by atoms with Gasteiger partial charge in [-0.1, -0.05) is 18.2 Å². The van der Waals surface area contributed by atoms with Gasteiger partial charge in [-0.25, -0.2) is 17.2 Å². The molecule has 1 aromatic heterocycles. The summed E-state index contributed by atoms with van der Waals surface area (Å²) in [5, 5.41) is 6.67. The molecule has 31 heavy (non-hydrogen) atoms. The topological polar surface area (TPSA) is 84.3 Å². The second-order valence-corrected chi connectivity index (χ2v) is 9.22. The van der Waals surface area contributed by atoms with E-state index < -0.39 is 27.6 Å². The molecule has 0 saturated carbocycles. The highest BCUT2D eigenvalue weighted by atomic mass is 32.2. The van der Waals surface area contributed by atoms with Crippen molar-refractivity contribution in [2.75, 3.05) is 23.1 Å². The maximum Gasteiger partial charge on any atom is 0.255 e. The highest BCUT2D eigenvalue weighted by molar-refractivity contribution is 7.92. The summed E-state index contributed by atoms with van der Waals surface area (Å²) in [5.41, 5.74) is 1.73. The summed E-state index contributed by atoms with van der Waals surface area (Å²) >= 11 is 0. The number of rotatable bonds is 6. The SMILES string of the molecule is Cn1cc(C(=O)NCCS(=O)(=O)N2CCc3ccccc32)c(-c2ccc(F)cc2F)n1. The number of carbonyl (C=O) groups is 1. The Morgan fingerprint density at radius 3 is 2.74 bits per heavy atom. The van der Waals surface area contributed by atoms with E-state index in [1.807, 2.05) is 12.1 Å². The molecule has 2 heterocycles. The van der Waals surface area contributed by atoms with Crippen molar-refractivity contribution in [3.63, 3.8) is 0 Å². The van der Waals surface area contributed by atoms with Gasteiger partial charge in [0, 0.05) is 38.0 Å². The second kappa shape index (κ2) is 8.10. The number of fused-ring (bicyclic) bond motifs is 1. The number of hydrogen-bond acceptors (Lipinski definition) is 4. The lowest BCUT2D eigenvalue weighted by Gasteiger charge is -2.19. The fraction of sp³-hybridized carbons (Fsp3) is 0.238. The standard InChI is InChI=1S/C21H20F2N4O3S/c1-26-13-17(20(25-26)16-7-6-15(22)12-18(16)23)21(28)24-9-11-31(29,30)27-10-8-14-4-2-3-5-19(14)27/h2-7,12-13H,8-11H2,1H3,(H,24,28). The van der Waals surface area contributed by atoms with Crippen molar-refractivity contribution >= 4 is 21.6 Å². The number of aryl methyl sites for hydroxylation is 1. The molecular formula is C21H20F2N4O3S. The van der Waals surface area contributed by atoms with Gasteiger partial charge in [-0.3, -0.25) is 13.8 Å². The lowest BCUT2D eigenvalue weighted by atomic mass is 10.1. The van der Waals surface area contributed by atoms with Crippen molar-refractivity contribution in [3.05, 3.63) is 71.4 Å². The van der Waals surface area contributed by atoms with Crippen molar-refractivity contribution < 1.29 is 22.0 Å². The van der Waals surface area contributed by atoms with Gasteiger partial charge in [0.2, 0.25) is 10.0 Å². The van der Waals surface area contributed by atoms with Gasteiger partial charge in [-0.15, -0.1) is 0 Å². The van der Waals surface area contributed by atoms with Gasteiger partial charge in [0.15, 0.2) is 0 Å². The van der Waals surface area contributed by atoms with Crippen molar-refractivity contribution in [2.24, 2.45) is 7.05 Å². The first-order valence-electron chi connectivity index (χ1n) is 9.62. The maximum atomic E-state index is 14.2. The highest BCUT2D eigenvalue weighted by Crippen LogP contribution is 2.30. The van der Waals surface area contributed by atoms with Crippen molar-refractivity contribution in [1.82, 2.24) is 15.1 Å². The number of anilines is 1. The van der Waals surface area contributed by atoms with Crippen LogP contribution in [0.5, 0.6) is 0 Å². The lowest BCUT2D eigenvalue weighted by Crippen LogP contribution is -2.37. The van der Waals surface area contributed by atoms with E-state index in [0.717, 1.165) is 11.6 Å². The molecule has 3 aromatic rings. The van der Waals surface area contributed by atoms with Crippen LogP contribution in [0.15, 0.2) is 48.7 Å². The molecular weight excluding hydrogens is 426 g/mol. The zero-order valence-electron chi connectivity index (χ0n) is 16.7. The quantitative estimate of drug-likeness (QED) is 0.631. The second-order valence-electron chi connectivity index (χ2n) is 7.21. The molecule has 1 amide bonds. The van der Waals surface area contributed by atoms with E-state index in [1.54, 1.807) is 19.2 Å².